The van der Waals surface area contributed by atoms with E-state index in [-0.39, 0.29) is 12.4 Å². The van der Waals surface area contributed by atoms with Crippen LogP contribution < -0.4 is 0 Å². The molecule has 23 heavy (non-hydrogen) atoms. The smallest absolute Gasteiger partial charge is 0.105 e. The van der Waals surface area contributed by atoms with E-state index in [1.54, 1.807) is 0 Å². The van der Waals surface area contributed by atoms with Crippen molar-refractivity contribution in [2.24, 2.45) is 0 Å². The topological polar surface area (TPSA) is 43.6 Å². The molecule has 5 heteroatoms. The molecule has 1 saturated carbocycles. The first-order valence-corrected chi connectivity index (χ1v) is 7.69. The van der Waals surface area contributed by atoms with E-state index in [1.807, 2.05) is 25.5 Å². The predicted molar refractivity (Wildman–Crippen MR) is 92.8 cm³/mol. The molecule has 0 radical (unpaired) electrons. The van der Waals surface area contributed by atoms with Crippen molar-refractivity contribution < 1.29 is 0 Å². The van der Waals surface area contributed by atoms with Crippen LogP contribution in [0.2, 0.25) is 0 Å². The van der Waals surface area contributed by atoms with E-state index in [9.17, 15) is 0 Å². The van der Waals surface area contributed by atoms with Crippen LogP contribution in [0, 0.1) is 6.92 Å². The Bertz CT molecular complexity index is 808. The Balaban J connectivity index is 0.00000156. The Morgan fingerprint density at radius 2 is 2.04 bits per heavy atom. The van der Waals surface area contributed by atoms with Gasteiger partial charge in [-0.25, -0.2) is 4.98 Å². The molecule has 0 amide bonds. The molecular formula is C18H19ClN4. The lowest BCUT2D eigenvalue weighted by atomic mass is 10.0. The van der Waals surface area contributed by atoms with Crippen LogP contribution >= 0.6 is 12.4 Å². The highest BCUT2D eigenvalue weighted by molar-refractivity contribution is 5.85. The van der Waals surface area contributed by atoms with Gasteiger partial charge in [0.05, 0.1) is 18.4 Å². The summed E-state index contributed by atoms with van der Waals surface area (Å²) in [6.07, 6.45) is 8.27. The second-order valence-corrected chi connectivity index (χ2v) is 5.94. The zero-order valence-corrected chi connectivity index (χ0v) is 13.8. The molecule has 0 N–H and O–H groups in total. The van der Waals surface area contributed by atoms with Crippen LogP contribution in [0.15, 0.2) is 48.9 Å². The van der Waals surface area contributed by atoms with Crippen molar-refractivity contribution in [3.8, 4) is 11.1 Å². The van der Waals surface area contributed by atoms with Crippen molar-refractivity contribution in [3.63, 3.8) is 0 Å². The Morgan fingerprint density at radius 1 is 1.17 bits per heavy atom. The first-order valence-electron chi connectivity index (χ1n) is 7.69. The van der Waals surface area contributed by atoms with Crippen molar-refractivity contribution in [3.05, 3.63) is 66.0 Å². The minimum absolute atomic E-state index is 0. The Labute approximate surface area is 142 Å². The minimum atomic E-state index is 0. The van der Waals surface area contributed by atoms with Gasteiger partial charge in [-0.3, -0.25) is 0 Å². The minimum Gasteiger partial charge on any atom is -0.329 e. The lowest BCUT2D eigenvalue weighted by molar-refractivity contribution is 0.727. The fraction of sp³-hybridized carbons (Fsp3) is 0.278. The molecule has 3 aromatic rings. The van der Waals surface area contributed by atoms with E-state index in [2.05, 4.69) is 50.1 Å². The number of halogens is 1. The molecule has 1 aliphatic rings. The summed E-state index contributed by atoms with van der Waals surface area (Å²) in [4.78, 5) is 4.25. The van der Waals surface area contributed by atoms with E-state index in [0.29, 0.717) is 6.54 Å². The zero-order chi connectivity index (χ0) is 14.9. The summed E-state index contributed by atoms with van der Waals surface area (Å²) in [5.74, 6) is 1.76. The first kappa shape index (κ1) is 15.7. The van der Waals surface area contributed by atoms with Gasteiger partial charge in [0.25, 0.3) is 0 Å². The number of aromatic nitrogens is 4. The van der Waals surface area contributed by atoms with Crippen LogP contribution in [0.5, 0.6) is 0 Å². The van der Waals surface area contributed by atoms with E-state index in [4.69, 9.17) is 0 Å². The van der Waals surface area contributed by atoms with Crippen LogP contribution in [0.1, 0.15) is 35.8 Å². The van der Waals surface area contributed by atoms with Crippen LogP contribution in [0.3, 0.4) is 0 Å². The van der Waals surface area contributed by atoms with Crippen LogP contribution in [0.4, 0.5) is 0 Å². The molecule has 0 spiro atoms. The Hall–Kier alpha value is -2.20. The monoisotopic (exact) mass is 326 g/mol. The van der Waals surface area contributed by atoms with E-state index >= 15 is 0 Å². The number of aryl methyl sites for hydroxylation is 1. The number of imidazole rings is 1. The third-order valence-electron chi connectivity index (χ3n) is 4.23. The second kappa shape index (κ2) is 6.50. The quantitative estimate of drug-likeness (QED) is 0.728. The number of hydrogen-bond acceptors (Lipinski definition) is 3. The molecule has 2 aromatic heterocycles. The van der Waals surface area contributed by atoms with Crippen molar-refractivity contribution in [1.82, 2.24) is 19.7 Å². The molecule has 1 aromatic carbocycles. The van der Waals surface area contributed by atoms with Crippen LogP contribution in [-0.4, -0.2) is 19.7 Å². The highest BCUT2D eigenvalue weighted by Gasteiger charge is 2.23. The summed E-state index contributed by atoms with van der Waals surface area (Å²) in [7, 11) is 0. The van der Waals surface area contributed by atoms with Crippen LogP contribution in [-0.2, 0) is 6.54 Å². The highest BCUT2D eigenvalue weighted by Crippen LogP contribution is 2.41. The average molecular weight is 327 g/mol. The van der Waals surface area contributed by atoms with E-state index in [1.165, 1.54) is 24.0 Å². The second-order valence-electron chi connectivity index (χ2n) is 5.94. The lowest BCUT2D eigenvalue weighted by Gasteiger charge is -2.07. The lowest BCUT2D eigenvalue weighted by Crippen LogP contribution is -2.04. The van der Waals surface area contributed by atoms with Gasteiger partial charge in [-0.15, -0.1) is 12.4 Å². The van der Waals surface area contributed by atoms with Gasteiger partial charge in [0, 0.05) is 18.0 Å². The van der Waals surface area contributed by atoms with Gasteiger partial charge >= 0.3 is 0 Å². The summed E-state index contributed by atoms with van der Waals surface area (Å²) in [6.45, 7) is 2.70. The van der Waals surface area contributed by atoms with Gasteiger partial charge in [-0.05, 0) is 42.9 Å². The average Bonchev–Trinajstić information content (AvgIpc) is 3.33. The SMILES string of the molecule is Cc1nccn1Cc1cc(-c2cccc(C3CC3)c2)cnn1.Cl. The molecular weight excluding hydrogens is 308 g/mol. The summed E-state index contributed by atoms with van der Waals surface area (Å²) < 4.78 is 2.08. The fourth-order valence-corrected chi connectivity index (χ4v) is 2.78. The maximum absolute atomic E-state index is 4.25. The number of rotatable bonds is 4. The summed E-state index contributed by atoms with van der Waals surface area (Å²) >= 11 is 0. The maximum atomic E-state index is 4.25. The molecule has 0 atom stereocenters. The zero-order valence-electron chi connectivity index (χ0n) is 13.0. The third-order valence-corrected chi connectivity index (χ3v) is 4.23. The molecule has 1 aliphatic carbocycles. The summed E-state index contributed by atoms with van der Waals surface area (Å²) in [5.41, 5.74) is 4.75. The first-order chi connectivity index (χ1) is 10.8. The number of benzene rings is 1. The molecule has 2 heterocycles. The molecule has 4 nitrogen and oxygen atoms in total. The molecule has 1 fully saturated rings. The van der Waals surface area contributed by atoms with E-state index < -0.39 is 0 Å². The Kier molecular flexibility index (Phi) is 4.44. The third kappa shape index (κ3) is 3.42. The van der Waals surface area contributed by atoms with Gasteiger partial charge in [0.15, 0.2) is 0 Å². The Morgan fingerprint density at radius 3 is 2.78 bits per heavy atom. The van der Waals surface area contributed by atoms with Gasteiger partial charge < -0.3 is 4.57 Å². The highest BCUT2D eigenvalue weighted by atomic mass is 35.5. The van der Waals surface area contributed by atoms with Crippen LogP contribution in [0.25, 0.3) is 11.1 Å². The molecule has 118 valence electrons. The largest absolute Gasteiger partial charge is 0.329 e. The van der Waals surface area contributed by atoms with Gasteiger partial charge in [0.1, 0.15) is 5.82 Å². The molecule has 0 bridgehead atoms. The van der Waals surface area contributed by atoms with E-state index in [0.717, 1.165) is 23.0 Å². The van der Waals surface area contributed by atoms with Crippen molar-refractivity contribution in [2.75, 3.05) is 0 Å². The van der Waals surface area contributed by atoms with Crippen molar-refractivity contribution in [1.29, 1.82) is 0 Å². The van der Waals surface area contributed by atoms with Crippen molar-refractivity contribution in [2.45, 2.75) is 32.2 Å². The fourth-order valence-electron chi connectivity index (χ4n) is 2.78. The summed E-state index contributed by atoms with van der Waals surface area (Å²) in [6, 6.07) is 10.9. The molecule has 4 rings (SSSR count). The molecule has 0 unspecified atom stereocenters. The number of hydrogen-bond donors (Lipinski definition) is 0. The molecule has 0 saturated heterocycles. The normalized spacial score (nSPS) is 13.6. The van der Waals surface area contributed by atoms with Gasteiger partial charge in [0.2, 0.25) is 0 Å². The van der Waals surface area contributed by atoms with Crippen molar-refractivity contribution >= 4 is 12.4 Å². The standard InChI is InChI=1S/C18H18N4.ClH/c1-13-19-7-8-22(13)12-18-10-17(11-20-21-18)16-4-2-3-15(9-16)14-5-6-14;/h2-4,7-11,14H,5-6,12H2,1H3;1H. The van der Waals surface area contributed by atoms with Gasteiger partial charge in [-0.1, -0.05) is 24.3 Å². The summed E-state index contributed by atoms with van der Waals surface area (Å²) in [5, 5.41) is 8.43. The maximum Gasteiger partial charge on any atom is 0.105 e. The predicted octanol–water partition coefficient (Wildman–Crippen LogP) is 4.00. The number of nitrogens with zero attached hydrogens (tertiary/aromatic N) is 4. The van der Waals surface area contributed by atoms with Gasteiger partial charge in [-0.2, -0.15) is 10.2 Å². The molecule has 0 aliphatic heterocycles.